The summed E-state index contributed by atoms with van der Waals surface area (Å²) in [4.78, 5) is 14.1. The first kappa shape index (κ1) is 15.3. The Kier molecular flexibility index (Phi) is 6.15. The van der Waals surface area contributed by atoms with E-state index in [1.807, 2.05) is 14.1 Å². The fourth-order valence-electron chi connectivity index (χ4n) is 1.77. The highest BCUT2D eigenvalue weighted by Crippen LogP contribution is 2.24. The normalized spacial score (nSPS) is 10.5. The number of unbranched alkanes of at least 4 members (excludes halogenated alkanes) is 1. The molecular formula is C14H23N3O2. The van der Waals surface area contributed by atoms with E-state index in [0.29, 0.717) is 23.5 Å². The van der Waals surface area contributed by atoms with Crippen molar-refractivity contribution in [3.8, 4) is 5.75 Å². The number of nitrogens with two attached hydrogens (primary N) is 1. The molecule has 0 unspecified atom stereocenters. The molecular weight excluding hydrogens is 242 g/mol. The van der Waals surface area contributed by atoms with Crippen LogP contribution in [0.5, 0.6) is 5.75 Å². The summed E-state index contributed by atoms with van der Waals surface area (Å²) in [7, 11) is 5.61. The van der Waals surface area contributed by atoms with E-state index in [1.165, 1.54) is 7.11 Å². The molecule has 0 saturated carbocycles. The van der Waals surface area contributed by atoms with Gasteiger partial charge in [-0.2, -0.15) is 0 Å². The Morgan fingerprint density at radius 1 is 1.37 bits per heavy atom. The zero-order valence-electron chi connectivity index (χ0n) is 11.9. The third kappa shape index (κ3) is 4.79. The summed E-state index contributed by atoms with van der Waals surface area (Å²) in [5.41, 5.74) is 6.72. The van der Waals surface area contributed by atoms with E-state index >= 15 is 0 Å². The average molecular weight is 265 g/mol. The van der Waals surface area contributed by atoms with Crippen molar-refractivity contribution in [2.45, 2.75) is 12.8 Å². The van der Waals surface area contributed by atoms with Gasteiger partial charge in [-0.05, 0) is 45.6 Å². The molecule has 1 rings (SSSR count). The third-order valence-electron chi connectivity index (χ3n) is 2.85. The van der Waals surface area contributed by atoms with Crippen molar-refractivity contribution in [1.29, 1.82) is 0 Å². The number of rotatable bonds is 7. The molecule has 1 aromatic carbocycles. The first-order valence-corrected chi connectivity index (χ1v) is 6.41. The van der Waals surface area contributed by atoms with Crippen molar-refractivity contribution < 1.29 is 9.53 Å². The molecule has 106 valence electrons. The van der Waals surface area contributed by atoms with Crippen LogP contribution in [0.2, 0.25) is 0 Å². The predicted octanol–water partition coefficient (Wildman–Crippen LogP) is 1.35. The maximum Gasteiger partial charge on any atom is 0.253 e. The van der Waals surface area contributed by atoms with Gasteiger partial charge in [0.1, 0.15) is 5.75 Å². The van der Waals surface area contributed by atoms with E-state index in [-0.39, 0.29) is 5.91 Å². The number of amides is 1. The average Bonchev–Trinajstić information content (AvgIpc) is 2.38. The smallest absolute Gasteiger partial charge is 0.253 e. The molecule has 0 saturated heterocycles. The van der Waals surface area contributed by atoms with Gasteiger partial charge < -0.3 is 20.7 Å². The number of hydrogen-bond acceptors (Lipinski definition) is 4. The lowest BCUT2D eigenvalue weighted by molar-refractivity contribution is 0.0953. The van der Waals surface area contributed by atoms with Crippen molar-refractivity contribution in [3.05, 3.63) is 23.8 Å². The van der Waals surface area contributed by atoms with Gasteiger partial charge in [-0.1, -0.05) is 6.07 Å². The van der Waals surface area contributed by atoms with Gasteiger partial charge in [-0.3, -0.25) is 4.79 Å². The van der Waals surface area contributed by atoms with Crippen molar-refractivity contribution in [2.75, 3.05) is 40.0 Å². The molecule has 0 spiro atoms. The molecule has 0 heterocycles. The van der Waals surface area contributed by atoms with Crippen LogP contribution in [0.25, 0.3) is 0 Å². The van der Waals surface area contributed by atoms with Crippen LogP contribution in [0.1, 0.15) is 23.2 Å². The first-order chi connectivity index (χ1) is 9.06. The highest BCUT2D eigenvalue weighted by molar-refractivity contribution is 6.00. The number of benzene rings is 1. The van der Waals surface area contributed by atoms with E-state index in [2.05, 4.69) is 10.2 Å². The predicted molar refractivity (Wildman–Crippen MR) is 77.5 cm³/mol. The van der Waals surface area contributed by atoms with Gasteiger partial charge in [0.05, 0.1) is 18.4 Å². The van der Waals surface area contributed by atoms with Gasteiger partial charge in [-0.15, -0.1) is 0 Å². The quantitative estimate of drug-likeness (QED) is 0.577. The van der Waals surface area contributed by atoms with E-state index in [1.54, 1.807) is 18.2 Å². The van der Waals surface area contributed by atoms with Crippen LogP contribution >= 0.6 is 0 Å². The summed E-state index contributed by atoms with van der Waals surface area (Å²) in [6, 6.07) is 5.20. The topological polar surface area (TPSA) is 67.6 Å². The van der Waals surface area contributed by atoms with Crippen LogP contribution in [0.4, 0.5) is 5.69 Å². The molecule has 0 aliphatic heterocycles. The molecule has 0 atom stereocenters. The second-order valence-electron chi connectivity index (χ2n) is 4.69. The molecule has 5 nitrogen and oxygen atoms in total. The van der Waals surface area contributed by atoms with E-state index in [4.69, 9.17) is 10.5 Å². The van der Waals surface area contributed by atoms with E-state index in [0.717, 1.165) is 19.4 Å². The van der Waals surface area contributed by atoms with Gasteiger partial charge in [0.25, 0.3) is 5.91 Å². The third-order valence-corrected chi connectivity index (χ3v) is 2.85. The number of anilines is 1. The molecule has 0 bridgehead atoms. The second kappa shape index (κ2) is 7.63. The number of ether oxygens (including phenoxy) is 1. The fraction of sp³-hybridized carbons (Fsp3) is 0.500. The molecule has 0 aliphatic carbocycles. The second-order valence-corrected chi connectivity index (χ2v) is 4.69. The summed E-state index contributed by atoms with van der Waals surface area (Å²) < 4.78 is 5.09. The van der Waals surface area contributed by atoms with Crippen LogP contribution in [-0.2, 0) is 0 Å². The highest BCUT2D eigenvalue weighted by Gasteiger charge is 2.12. The lowest BCUT2D eigenvalue weighted by atomic mass is 10.1. The van der Waals surface area contributed by atoms with Crippen LogP contribution in [-0.4, -0.2) is 45.1 Å². The van der Waals surface area contributed by atoms with Crippen LogP contribution in [0, 0.1) is 0 Å². The highest BCUT2D eigenvalue weighted by atomic mass is 16.5. The number of carbonyl (C=O) groups excluding carboxylic acids is 1. The van der Waals surface area contributed by atoms with Gasteiger partial charge in [0.15, 0.2) is 0 Å². The monoisotopic (exact) mass is 265 g/mol. The van der Waals surface area contributed by atoms with Gasteiger partial charge in [-0.25, -0.2) is 0 Å². The maximum absolute atomic E-state index is 12.0. The molecule has 3 N–H and O–H groups in total. The Balaban J connectivity index is 2.46. The number of nitrogen functional groups attached to an aromatic ring is 1. The molecule has 0 radical (unpaired) electrons. The first-order valence-electron chi connectivity index (χ1n) is 6.41. The number of para-hydroxylation sites is 1. The Morgan fingerprint density at radius 3 is 2.74 bits per heavy atom. The molecule has 0 fully saturated rings. The number of nitrogens with one attached hydrogen (secondary N) is 1. The van der Waals surface area contributed by atoms with Crippen LogP contribution in [0.3, 0.4) is 0 Å². The molecule has 1 aromatic rings. The van der Waals surface area contributed by atoms with Gasteiger partial charge in [0, 0.05) is 6.54 Å². The SMILES string of the molecule is COc1cccc(C(=O)NCCCCN(C)C)c1N. The Morgan fingerprint density at radius 2 is 2.11 bits per heavy atom. The minimum Gasteiger partial charge on any atom is -0.495 e. The van der Waals surface area contributed by atoms with E-state index < -0.39 is 0 Å². The van der Waals surface area contributed by atoms with Crippen molar-refractivity contribution in [3.63, 3.8) is 0 Å². The largest absolute Gasteiger partial charge is 0.495 e. The molecule has 0 aliphatic rings. The Hall–Kier alpha value is -1.75. The molecule has 0 aromatic heterocycles. The summed E-state index contributed by atoms with van der Waals surface area (Å²) >= 11 is 0. The zero-order valence-corrected chi connectivity index (χ0v) is 11.9. The maximum atomic E-state index is 12.0. The number of nitrogens with zero attached hydrogens (tertiary/aromatic N) is 1. The van der Waals surface area contributed by atoms with E-state index in [9.17, 15) is 4.79 Å². The van der Waals surface area contributed by atoms with Crippen molar-refractivity contribution in [1.82, 2.24) is 10.2 Å². The zero-order chi connectivity index (χ0) is 14.3. The fourth-order valence-corrected chi connectivity index (χ4v) is 1.77. The lowest BCUT2D eigenvalue weighted by Gasteiger charge is -2.11. The van der Waals surface area contributed by atoms with Crippen molar-refractivity contribution >= 4 is 11.6 Å². The summed E-state index contributed by atoms with van der Waals surface area (Å²) in [6.07, 6.45) is 2.01. The number of methoxy groups -OCH3 is 1. The number of hydrogen-bond donors (Lipinski definition) is 2. The van der Waals surface area contributed by atoms with Gasteiger partial charge in [0.2, 0.25) is 0 Å². The summed E-state index contributed by atoms with van der Waals surface area (Å²) in [5.74, 6) is 0.376. The standard InChI is InChI=1S/C14H23N3O2/c1-17(2)10-5-4-9-16-14(18)11-7-6-8-12(19-3)13(11)15/h6-8H,4-5,9-10,15H2,1-3H3,(H,16,18). The molecule has 19 heavy (non-hydrogen) atoms. The summed E-state index contributed by atoms with van der Waals surface area (Å²) in [5, 5.41) is 2.87. The summed E-state index contributed by atoms with van der Waals surface area (Å²) in [6.45, 7) is 1.68. The molecule has 5 heteroatoms. The minimum absolute atomic E-state index is 0.152. The lowest BCUT2D eigenvalue weighted by Crippen LogP contribution is -2.26. The van der Waals surface area contributed by atoms with Crippen LogP contribution < -0.4 is 15.8 Å². The molecule has 1 amide bonds. The number of carbonyl (C=O) groups is 1. The Bertz CT molecular complexity index is 419. The van der Waals surface area contributed by atoms with Crippen molar-refractivity contribution in [2.24, 2.45) is 0 Å². The van der Waals surface area contributed by atoms with Crippen LogP contribution in [0.15, 0.2) is 18.2 Å². The minimum atomic E-state index is -0.152. The Labute approximate surface area is 114 Å². The van der Waals surface area contributed by atoms with Gasteiger partial charge >= 0.3 is 0 Å².